The van der Waals surface area contributed by atoms with Crippen LogP contribution in [0, 0.1) is 0 Å². The molecule has 16 N–H and O–H groups in total. The first-order chi connectivity index (χ1) is 15.5. The highest BCUT2D eigenvalue weighted by Gasteiger charge is 2.51. The minimum Gasteiger partial charge on any atom is -0.394 e. The van der Waals surface area contributed by atoms with Gasteiger partial charge in [-0.1, -0.05) is 0 Å². The fourth-order valence-electron chi connectivity index (χ4n) is 4.45. The van der Waals surface area contributed by atoms with E-state index in [9.17, 15) is 30.6 Å². The lowest BCUT2D eigenvalue weighted by Gasteiger charge is -2.48. The number of rotatable bonds is 6. The lowest BCUT2D eigenvalue weighted by atomic mass is 9.84. The van der Waals surface area contributed by atoms with E-state index in [1.807, 2.05) is 0 Å². The minimum atomic E-state index is -1.48. The Balaban J connectivity index is 1.72. The van der Waals surface area contributed by atoms with Crippen LogP contribution in [0.4, 0.5) is 0 Å². The van der Waals surface area contributed by atoms with Crippen molar-refractivity contribution in [2.75, 3.05) is 13.2 Å². The summed E-state index contributed by atoms with van der Waals surface area (Å²) in [4.78, 5) is 0. The summed E-state index contributed by atoms with van der Waals surface area (Å²) in [6.07, 6.45) is -13.9. The average Bonchev–Trinajstić information content (AvgIpc) is 2.79. The van der Waals surface area contributed by atoms with Crippen molar-refractivity contribution in [2.45, 2.75) is 98.1 Å². The Morgan fingerprint density at radius 1 is 0.667 bits per heavy atom. The normalized spacial score (nSPS) is 53.7. The van der Waals surface area contributed by atoms with Crippen LogP contribution in [-0.2, 0) is 18.9 Å². The molecule has 0 aromatic heterocycles. The number of nitrogens with two attached hydrogens (primary N) is 5. The van der Waals surface area contributed by atoms with Crippen molar-refractivity contribution >= 4 is 0 Å². The van der Waals surface area contributed by atoms with Gasteiger partial charge in [-0.05, 0) is 6.42 Å². The maximum absolute atomic E-state index is 11.0. The zero-order valence-corrected chi connectivity index (χ0v) is 18.0. The molecule has 194 valence electrons. The highest BCUT2D eigenvalue weighted by molar-refractivity contribution is 5.01. The molecule has 3 aliphatic rings. The summed E-state index contributed by atoms with van der Waals surface area (Å²) in [6, 6.07) is -3.92. The third-order valence-corrected chi connectivity index (χ3v) is 6.56. The molecular formula is C18H37N5O10. The van der Waals surface area contributed by atoms with E-state index in [1.165, 1.54) is 0 Å². The lowest BCUT2D eigenvalue weighted by molar-refractivity contribution is -0.318. The zero-order valence-electron chi connectivity index (χ0n) is 18.0. The lowest BCUT2D eigenvalue weighted by Crippen LogP contribution is -2.69. The van der Waals surface area contributed by atoms with Gasteiger partial charge in [0.05, 0.1) is 18.7 Å². The van der Waals surface area contributed by atoms with Gasteiger partial charge >= 0.3 is 0 Å². The topological polar surface area (TPSA) is 288 Å². The van der Waals surface area contributed by atoms with Gasteiger partial charge in [-0.3, -0.25) is 0 Å². The van der Waals surface area contributed by atoms with Gasteiger partial charge in [0.15, 0.2) is 12.6 Å². The van der Waals surface area contributed by atoms with Crippen molar-refractivity contribution in [3.63, 3.8) is 0 Å². The van der Waals surface area contributed by atoms with E-state index < -0.39 is 98.3 Å². The van der Waals surface area contributed by atoms with E-state index >= 15 is 0 Å². The van der Waals surface area contributed by atoms with Gasteiger partial charge in [-0.25, -0.2) is 0 Å². The maximum Gasteiger partial charge on any atom is 0.186 e. The largest absolute Gasteiger partial charge is 0.394 e. The second-order valence-corrected chi connectivity index (χ2v) is 8.88. The van der Waals surface area contributed by atoms with E-state index in [1.54, 1.807) is 0 Å². The van der Waals surface area contributed by atoms with E-state index in [-0.39, 0.29) is 13.0 Å². The standard InChI is InChI=1S/C18H37N5O10/c19-2-6-11(26)12(27)9(23)17(30-6)32-15-4(20)1-5(21)16(14(15)29)33-18-13(28)8(22)10(25)7(3-24)31-18/h4-18,24-29H,1-3,19-23H2/t4?,5?,6?,7?,8-,9?,10+,11+,12+,13?,14?,15?,16?,17+,18+/m0/s1. The third kappa shape index (κ3) is 5.32. The van der Waals surface area contributed by atoms with Crippen molar-refractivity contribution in [2.24, 2.45) is 28.7 Å². The van der Waals surface area contributed by atoms with Gasteiger partial charge in [-0.2, -0.15) is 0 Å². The first-order valence-corrected chi connectivity index (χ1v) is 10.9. The monoisotopic (exact) mass is 483 g/mol. The summed E-state index contributed by atoms with van der Waals surface area (Å²) < 4.78 is 22.5. The molecule has 0 aromatic carbocycles. The van der Waals surface area contributed by atoms with Crippen LogP contribution in [0.3, 0.4) is 0 Å². The summed E-state index contributed by atoms with van der Waals surface area (Å²) in [5, 5.41) is 60.9. The van der Waals surface area contributed by atoms with Gasteiger partial charge in [0, 0.05) is 18.6 Å². The summed E-state index contributed by atoms with van der Waals surface area (Å²) >= 11 is 0. The van der Waals surface area contributed by atoms with Crippen LogP contribution in [-0.4, -0.2) is 135 Å². The van der Waals surface area contributed by atoms with Crippen LogP contribution in [0.25, 0.3) is 0 Å². The second kappa shape index (κ2) is 11.0. The highest BCUT2D eigenvalue weighted by atomic mass is 16.7. The SMILES string of the molecule is NCC1O[C@H](OC2C(N)CC(N)C(O[C@H]3OC(CO)[C@@H](O)[C@H](N)C3O)C2O)C(N)[C@@H](O)[C@@H]1O. The Labute approximate surface area is 190 Å². The first-order valence-electron chi connectivity index (χ1n) is 10.9. The summed E-state index contributed by atoms with van der Waals surface area (Å²) in [6.45, 7) is -0.694. The van der Waals surface area contributed by atoms with Crippen LogP contribution in [0.15, 0.2) is 0 Å². The maximum atomic E-state index is 11.0. The first kappa shape index (κ1) is 27.0. The fraction of sp³-hybridized carbons (Fsp3) is 1.00. The highest BCUT2D eigenvalue weighted by Crippen LogP contribution is 2.30. The molecule has 2 aliphatic heterocycles. The van der Waals surface area contributed by atoms with E-state index in [4.69, 9.17) is 47.6 Å². The Kier molecular flexibility index (Phi) is 8.99. The van der Waals surface area contributed by atoms with Gasteiger partial charge < -0.3 is 78.3 Å². The Morgan fingerprint density at radius 2 is 1.21 bits per heavy atom. The third-order valence-electron chi connectivity index (χ3n) is 6.56. The van der Waals surface area contributed by atoms with Crippen LogP contribution in [0.2, 0.25) is 0 Å². The molecular weight excluding hydrogens is 446 g/mol. The van der Waals surface area contributed by atoms with Gasteiger partial charge in [0.1, 0.15) is 54.9 Å². The molecule has 0 radical (unpaired) electrons. The number of aliphatic hydroxyl groups is 6. The molecule has 0 bridgehead atoms. The molecule has 0 spiro atoms. The predicted molar refractivity (Wildman–Crippen MR) is 110 cm³/mol. The molecule has 9 unspecified atom stereocenters. The summed E-state index contributed by atoms with van der Waals surface area (Å²) in [5.41, 5.74) is 29.6. The summed E-state index contributed by atoms with van der Waals surface area (Å²) in [5.74, 6) is 0. The molecule has 3 fully saturated rings. The van der Waals surface area contributed by atoms with E-state index in [0.717, 1.165) is 0 Å². The zero-order chi connectivity index (χ0) is 24.6. The van der Waals surface area contributed by atoms with Gasteiger partial charge in [0.2, 0.25) is 0 Å². The van der Waals surface area contributed by atoms with E-state index in [2.05, 4.69) is 0 Å². The molecule has 3 rings (SSSR count). The van der Waals surface area contributed by atoms with Crippen molar-refractivity contribution < 1.29 is 49.6 Å². The molecule has 15 atom stereocenters. The van der Waals surface area contributed by atoms with Crippen LogP contribution < -0.4 is 28.7 Å². The smallest absolute Gasteiger partial charge is 0.186 e. The predicted octanol–water partition coefficient (Wildman–Crippen LogP) is -7.33. The molecule has 0 amide bonds. The van der Waals surface area contributed by atoms with Crippen LogP contribution in [0.5, 0.6) is 0 Å². The second-order valence-electron chi connectivity index (χ2n) is 8.88. The van der Waals surface area contributed by atoms with E-state index in [0.29, 0.717) is 0 Å². The Morgan fingerprint density at radius 3 is 1.76 bits per heavy atom. The van der Waals surface area contributed by atoms with Crippen LogP contribution in [0.1, 0.15) is 6.42 Å². The molecule has 15 nitrogen and oxygen atoms in total. The van der Waals surface area contributed by atoms with Crippen molar-refractivity contribution in [3.8, 4) is 0 Å². The summed E-state index contributed by atoms with van der Waals surface area (Å²) in [7, 11) is 0. The number of hydrogen-bond acceptors (Lipinski definition) is 15. The molecule has 33 heavy (non-hydrogen) atoms. The molecule has 1 aliphatic carbocycles. The molecule has 2 heterocycles. The Bertz CT molecular complexity index is 585. The van der Waals surface area contributed by atoms with Crippen LogP contribution >= 0.6 is 0 Å². The van der Waals surface area contributed by atoms with Crippen molar-refractivity contribution in [3.05, 3.63) is 0 Å². The Hall–Kier alpha value is -0.600. The molecule has 15 heteroatoms. The molecule has 2 saturated heterocycles. The van der Waals surface area contributed by atoms with Gasteiger partial charge in [0.25, 0.3) is 0 Å². The van der Waals surface area contributed by atoms with Crippen molar-refractivity contribution in [1.82, 2.24) is 0 Å². The number of hydrogen-bond donors (Lipinski definition) is 11. The molecule has 0 aromatic rings. The molecule has 1 saturated carbocycles. The average molecular weight is 484 g/mol. The van der Waals surface area contributed by atoms with Crippen molar-refractivity contribution in [1.29, 1.82) is 0 Å². The number of aliphatic hydroxyl groups excluding tert-OH is 6. The fourth-order valence-corrected chi connectivity index (χ4v) is 4.45. The van der Waals surface area contributed by atoms with Gasteiger partial charge in [-0.15, -0.1) is 0 Å². The minimum absolute atomic E-state index is 0.115. The number of ether oxygens (including phenoxy) is 4. The quantitative estimate of drug-likeness (QED) is 0.167.